The summed E-state index contributed by atoms with van der Waals surface area (Å²) in [6.07, 6.45) is 1.87. The topological polar surface area (TPSA) is 107 Å². The second kappa shape index (κ2) is 7.94. The standard InChI is InChI=1S/C21H20N4O5/c1-3-29-21(28)17-13(2)30-19-18(17)20(27)24(12-22-19)11-16(26)25-10-9-15(23-25)14-7-5-4-6-8-14/h4-8,12H,3,9-11H2,1-2H3. The maximum Gasteiger partial charge on any atom is 0.342 e. The molecule has 1 aliphatic heterocycles. The third-order valence-corrected chi connectivity index (χ3v) is 4.84. The summed E-state index contributed by atoms with van der Waals surface area (Å²) in [5.41, 5.74) is 1.31. The molecule has 30 heavy (non-hydrogen) atoms. The second-order valence-electron chi connectivity index (χ2n) is 6.79. The van der Waals surface area contributed by atoms with E-state index in [-0.39, 0.29) is 41.5 Å². The van der Waals surface area contributed by atoms with E-state index in [1.807, 2.05) is 30.3 Å². The van der Waals surface area contributed by atoms with E-state index < -0.39 is 11.5 Å². The van der Waals surface area contributed by atoms with E-state index in [4.69, 9.17) is 9.15 Å². The van der Waals surface area contributed by atoms with E-state index in [1.54, 1.807) is 13.8 Å². The molecule has 3 aromatic rings. The van der Waals surface area contributed by atoms with E-state index in [9.17, 15) is 14.4 Å². The minimum absolute atomic E-state index is 0.0103. The molecule has 0 bridgehead atoms. The zero-order chi connectivity index (χ0) is 21.3. The molecule has 1 aliphatic rings. The van der Waals surface area contributed by atoms with Crippen LogP contribution in [0.5, 0.6) is 0 Å². The van der Waals surface area contributed by atoms with E-state index >= 15 is 0 Å². The lowest BCUT2D eigenvalue weighted by atomic mass is 10.1. The Balaban J connectivity index is 1.61. The highest BCUT2D eigenvalue weighted by Gasteiger charge is 2.26. The van der Waals surface area contributed by atoms with Crippen LogP contribution >= 0.6 is 0 Å². The van der Waals surface area contributed by atoms with Gasteiger partial charge in [-0.1, -0.05) is 30.3 Å². The van der Waals surface area contributed by atoms with Crippen molar-refractivity contribution in [1.82, 2.24) is 14.6 Å². The molecule has 0 unspecified atom stereocenters. The highest BCUT2D eigenvalue weighted by molar-refractivity contribution is 6.03. The molecule has 9 heteroatoms. The average molecular weight is 408 g/mol. The first kappa shape index (κ1) is 19.6. The van der Waals surface area contributed by atoms with Gasteiger partial charge in [-0.3, -0.25) is 14.2 Å². The van der Waals surface area contributed by atoms with Gasteiger partial charge in [0.05, 0.1) is 18.9 Å². The van der Waals surface area contributed by atoms with E-state index in [2.05, 4.69) is 10.1 Å². The number of esters is 1. The summed E-state index contributed by atoms with van der Waals surface area (Å²) >= 11 is 0. The van der Waals surface area contributed by atoms with Crippen LogP contribution in [0.1, 0.15) is 35.0 Å². The van der Waals surface area contributed by atoms with Gasteiger partial charge in [0.25, 0.3) is 11.5 Å². The Kier molecular flexibility index (Phi) is 5.18. The van der Waals surface area contributed by atoms with Crippen LogP contribution in [-0.2, 0) is 16.1 Å². The minimum Gasteiger partial charge on any atom is -0.462 e. The van der Waals surface area contributed by atoms with Gasteiger partial charge in [0, 0.05) is 6.42 Å². The minimum atomic E-state index is -0.659. The third kappa shape index (κ3) is 3.49. The van der Waals surface area contributed by atoms with E-state index in [0.29, 0.717) is 13.0 Å². The summed E-state index contributed by atoms with van der Waals surface area (Å²) in [6.45, 7) is 3.58. The Morgan fingerprint density at radius 1 is 1.23 bits per heavy atom. The van der Waals surface area contributed by atoms with Gasteiger partial charge in [0.2, 0.25) is 5.71 Å². The van der Waals surface area contributed by atoms with Crippen LogP contribution in [0, 0.1) is 6.92 Å². The molecule has 0 N–H and O–H groups in total. The fourth-order valence-corrected chi connectivity index (χ4v) is 3.40. The summed E-state index contributed by atoms with van der Waals surface area (Å²) in [5.74, 6) is -0.760. The molecule has 154 valence electrons. The highest BCUT2D eigenvalue weighted by Crippen LogP contribution is 2.22. The molecule has 2 aromatic heterocycles. The Morgan fingerprint density at radius 3 is 2.73 bits per heavy atom. The quantitative estimate of drug-likeness (QED) is 0.599. The number of hydrazone groups is 1. The number of nitrogens with zero attached hydrogens (tertiary/aromatic N) is 4. The number of hydrogen-bond acceptors (Lipinski definition) is 7. The van der Waals surface area contributed by atoms with Crippen LogP contribution in [0.4, 0.5) is 0 Å². The average Bonchev–Trinajstić information content (AvgIpc) is 3.36. The Labute approximate surface area is 171 Å². The van der Waals surface area contributed by atoms with Crippen molar-refractivity contribution in [3.05, 3.63) is 63.9 Å². The van der Waals surface area contributed by atoms with Crippen molar-refractivity contribution in [2.45, 2.75) is 26.8 Å². The molecule has 0 fully saturated rings. The van der Waals surface area contributed by atoms with Crippen molar-refractivity contribution in [2.75, 3.05) is 13.2 Å². The first-order chi connectivity index (χ1) is 14.5. The monoisotopic (exact) mass is 408 g/mol. The predicted octanol–water partition coefficient (Wildman–Crippen LogP) is 2.11. The number of aromatic nitrogens is 2. The van der Waals surface area contributed by atoms with Crippen LogP contribution in [0.15, 0.2) is 51.0 Å². The van der Waals surface area contributed by atoms with Gasteiger partial charge in [-0.25, -0.2) is 14.8 Å². The molecule has 1 aromatic carbocycles. The van der Waals surface area contributed by atoms with Crippen molar-refractivity contribution in [2.24, 2.45) is 5.10 Å². The number of hydrogen-bond donors (Lipinski definition) is 0. The third-order valence-electron chi connectivity index (χ3n) is 4.84. The molecule has 0 atom stereocenters. The zero-order valence-electron chi connectivity index (χ0n) is 16.6. The number of fused-ring (bicyclic) bond motifs is 1. The van der Waals surface area contributed by atoms with Crippen molar-refractivity contribution >= 4 is 28.7 Å². The number of carbonyl (C=O) groups is 2. The van der Waals surface area contributed by atoms with Gasteiger partial charge < -0.3 is 9.15 Å². The fourth-order valence-electron chi connectivity index (χ4n) is 3.40. The van der Waals surface area contributed by atoms with E-state index in [1.165, 1.54) is 11.3 Å². The van der Waals surface area contributed by atoms with Gasteiger partial charge >= 0.3 is 5.97 Å². The molecular weight excluding hydrogens is 388 g/mol. The number of carbonyl (C=O) groups excluding carboxylic acids is 2. The fraction of sp³-hybridized carbons (Fsp3) is 0.286. The molecule has 0 radical (unpaired) electrons. The summed E-state index contributed by atoms with van der Waals surface area (Å²) in [5, 5.41) is 5.76. The second-order valence-corrected chi connectivity index (χ2v) is 6.79. The van der Waals surface area contributed by atoms with Gasteiger partial charge in [0.1, 0.15) is 29.6 Å². The summed E-state index contributed by atoms with van der Waals surface area (Å²) in [4.78, 5) is 42.0. The summed E-state index contributed by atoms with van der Waals surface area (Å²) in [6, 6.07) is 9.62. The lowest BCUT2D eigenvalue weighted by molar-refractivity contribution is -0.131. The molecule has 1 amide bonds. The number of rotatable bonds is 5. The molecule has 9 nitrogen and oxygen atoms in total. The maximum atomic E-state index is 13.0. The van der Waals surface area contributed by atoms with Gasteiger partial charge in [0.15, 0.2) is 0 Å². The Morgan fingerprint density at radius 2 is 2.00 bits per heavy atom. The van der Waals surface area contributed by atoms with Crippen molar-refractivity contribution < 1.29 is 18.7 Å². The number of ether oxygens (including phenoxy) is 1. The number of benzene rings is 1. The van der Waals surface area contributed by atoms with Crippen LogP contribution in [0.2, 0.25) is 0 Å². The highest BCUT2D eigenvalue weighted by atomic mass is 16.5. The number of aryl methyl sites for hydroxylation is 1. The van der Waals surface area contributed by atoms with Gasteiger partial charge in [-0.15, -0.1) is 0 Å². The number of furan rings is 1. The SMILES string of the molecule is CCOC(=O)c1c(C)oc2ncn(CC(=O)N3CCC(c4ccccc4)=N3)c(=O)c12. The first-order valence-corrected chi connectivity index (χ1v) is 9.58. The molecule has 3 heterocycles. The van der Waals surface area contributed by atoms with Crippen LogP contribution in [-0.4, -0.2) is 45.3 Å². The molecule has 0 spiro atoms. The molecule has 4 rings (SSSR count). The largest absolute Gasteiger partial charge is 0.462 e. The molecule has 0 saturated heterocycles. The predicted molar refractivity (Wildman–Crippen MR) is 108 cm³/mol. The van der Waals surface area contributed by atoms with Gasteiger partial charge in [-0.05, 0) is 19.4 Å². The van der Waals surface area contributed by atoms with Crippen LogP contribution < -0.4 is 5.56 Å². The van der Waals surface area contributed by atoms with E-state index in [0.717, 1.165) is 15.8 Å². The number of amides is 1. The first-order valence-electron chi connectivity index (χ1n) is 9.58. The maximum absolute atomic E-state index is 13.0. The van der Waals surface area contributed by atoms with Gasteiger partial charge in [-0.2, -0.15) is 5.10 Å². The summed E-state index contributed by atoms with van der Waals surface area (Å²) < 4.78 is 11.6. The van der Waals surface area contributed by atoms with Crippen molar-refractivity contribution in [1.29, 1.82) is 0 Å². The van der Waals surface area contributed by atoms with Crippen LogP contribution in [0.25, 0.3) is 11.1 Å². The Hall–Kier alpha value is -3.75. The van der Waals surface area contributed by atoms with Crippen LogP contribution in [0.3, 0.4) is 0 Å². The molecular formula is C21H20N4O5. The summed E-state index contributed by atoms with van der Waals surface area (Å²) in [7, 11) is 0. The molecule has 0 aliphatic carbocycles. The normalized spacial score (nSPS) is 13.5. The lowest BCUT2D eigenvalue weighted by Gasteiger charge is -2.12. The van der Waals surface area contributed by atoms with Crippen molar-refractivity contribution in [3.8, 4) is 0 Å². The molecule has 0 saturated carbocycles. The lowest BCUT2D eigenvalue weighted by Crippen LogP contribution is -2.32. The van der Waals surface area contributed by atoms with Crippen molar-refractivity contribution in [3.63, 3.8) is 0 Å². The smallest absolute Gasteiger partial charge is 0.342 e. The zero-order valence-corrected chi connectivity index (χ0v) is 16.6. The Bertz CT molecular complexity index is 1210.